The number of hydrogen-bond acceptors (Lipinski definition) is 4. The minimum absolute atomic E-state index is 0.0462. The number of halogens is 2. The lowest BCUT2D eigenvalue weighted by Crippen LogP contribution is -2.50. The van der Waals surface area contributed by atoms with Gasteiger partial charge in [0.15, 0.2) is 0 Å². The van der Waals surface area contributed by atoms with Crippen molar-refractivity contribution in [2.75, 3.05) is 23.7 Å². The highest BCUT2D eigenvalue weighted by molar-refractivity contribution is 7.92. The van der Waals surface area contributed by atoms with Crippen LogP contribution in [0.3, 0.4) is 0 Å². The molecule has 3 rings (SSSR count). The van der Waals surface area contributed by atoms with Gasteiger partial charge in [0.2, 0.25) is 21.8 Å². The third-order valence-electron chi connectivity index (χ3n) is 6.94. The molecule has 0 aliphatic heterocycles. The molecular weight excluding hydrogens is 593 g/mol. The van der Waals surface area contributed by atoms with Crippen molar-refractivity contribution < 1.29 is 18.0 Å². The molecule has 3 aromatic carbocycles. The van der Waals surface area contributed by atoms with Crippen LogP contribution in [0, 0.1) is 13.8 Å². The SMILES string of the molecule is CCCNC(=O)[C@H](Cc1ccccc1)N(Cc1ccc(Cl)c(Cl)c1)C(=O)CCCN(c1cc(C)ccc1C)S(C)(=O)=O. The van der Waals surface area contributed by atoms with E-state index in [0.29, 0.717) is 28.7 Å². The Bertz CT molecular complexity index is 1480. The van der Waals surface area contributed by atoms with Crippen molar-refractivity contribution in [2.45, 2.75) is 59.0 Å². The molecule has 0 fully saturated rings. The summed E-state index contributed by atoms with van der Waals surface area (Å²) >= 11 is 12.4. The maximum atomic E-state index is 13.9. The van der Waals surface area contributed by atoms with Gasteiger partial charge in [-0.05, 0) is 67.1 Å². The third-order valence-corrected chi connectivity index (χ3v) is 8.86. The van der Waals surface area contributed by atoms with Crippen molar-refractivity contribution >= 4 is 50.7 Å². The summed E-state index contributed by atoms with van der Waals surface area (Å²) in [6.45, 7) is 6.48. The van der Waals surface area contributed by atoms with E-state index in [4.69, 9.17) is 23.2 Å². The van der Waals surface area contributed by atoms with E-state index in [1.807, 2.05) is 69.3 Å². The minimum atomic E-state index is -3.60. The first-order chi connectivity index (χ1) is 19.9. The Morgan fingerprint density at radius 2 is 1.64 bits per heavy atom. The van der Waals surface area contributed by atoms with Gasteiger partial charge in [0.25, 0.3) is 0 Å². The quantitative estimate of drug-likeness (QED) is 0.225. The van der Waals surface area contributed by atoms with Crippen LogP contribution in [0.4, 0.5) is 5.69 Å². The van der Waals surface area contributed by atoms with E-state index in [0.717, 1.165) is 28.7 Å². The van der Waals surface area contributed by atoms with Crippen LogP contribution in [0.2, 0.25) is 10.0 Å². The van der Waals surface area contributed by atoms with Crippen LogP contribution in [0.1, 0.15) is 48.4 Å². The van der Waals surface area contributed by atoms with Crippen molar-refractivity contribution in [3.8, 4) is 0 Å². The van der Waals surface area contributed by atoms with Gasteiger partial charge in [-0.1, -0.05) is 78.7 Å². The predicted molar refractivity (Wildman–Crippen MR) is 172 cm³/mol. The Balaban J connectivity index is 1.91. The van der Waals surface area contributed by atoms with Crippen molar-refractivity contribution in [3.05, 3.63) is 99.0 Å². The number of sulfonamides is 1. The zero-order valence-corrected chi connectivity index (χ0v) is 26.9. The second kappa shape index (κ2) is 15.4. The standard InChI is InChI=1S/C32H39Cl2N3O4S/c1-5-17-35-32(39)30(21-25-10-7-6-8-11-25)36(22-26-15-16-27(33)28(34)20-26)31(38)12-9-18-37(42(4,40)41)29-19-23(2)13-14-24(29)3/h6-8,10-11,13-16,19-20,30H,5,9,12,17-18,21-22H2,1-4H3,(H,35,39)/t30-/m0/s1. The van der Waals surface area contributed by atoms with Gasteiger partial charge in [-0.3, -0.25) is 13.9 Å². The second-order valence-corrected chi connectivity index (χ2v) is 13.2. The Labute approximate surface area is 259 Å². The third kappa shape index (κ3) is 9.48. The molecule has 1 atom stereocenters. The summed E-state index contributed by atoms with van der Waals surface area (Å²) < 4.78 is 26.9. The number of nitrogens with one attached hydrogen (secondary N) is 1. The topological polar surface area (TPSA) is 86.8 Å². The summed E-state index contributed by atoms with van der Waals surface area (Å²) in [4.78, 5) is 29.0. The first-order valence-corrected chi connectivity index (χ1v) is 16.6. The van der Waals surface area contributed by atoms with E-state index >= 15 is 0 Å². The van der Waals surface area contributed by atoms with Crippen molar-refractivity contribution in [3.63, 3.8) is 0 Å². The van der Waals surface area contributed by atoms with Crippen molar-refractivity contribution in [1.29, 1.82) is 0 Å². The molecule has 0 aliphatic carbocycles. The van der Waals surface area contributed by atoms with Gasteiger partial charge in [-0.15, -0.1) is 0 Å². The lowest BCUT2D eigenvalue weighted by atomic mass is 10.0. The summed E-state index contributed by atoms with van der Waals surface area (Å²) in [6, 6.07) is 19.6. The van der Waals surface area contributed by atoms with E-state index in [-0.39, 0.29) is 37.7 Å². The number of nitrogens with zero attached hydrogens (tertiary/aromatic N) is 2. The van der Waals surface area contributed by atoms with Crippen LogP contribution >= 0.6 is 23.2 Å². The molecule has 226 valence electrons. The first kappa shape index (κ1) is 33.4. The van der Waals surface area contributed by atoms with Crippen molar-refractivity contribution in [1.82, 2.24) is 10.2 Å². The Morgan fingerprint density at radius 1 is 0.929 bits per heavy atom. The zero-order chi connectivity index (χ0) is 30.9. The highest BCUT2D eigenvalue weighted by Gasteiger charge is 2.30. The Kier molecular flexibility index (Phi) is 12.3. The summed E-state index contributed by atoms with van der Waals surface area (Å²) in [5, 5.41) is 3.70. The molecule has 1 N–H and O–H groups in total. The molecule has 0 radical (unpaired) electrons. The monoisotopic (exact) mass is 631 g/mol. The van der Waals surface area contributed by atoms with Gasteiger partial charge in [0.1, 0.15) is 6.04 Å². The van der Waals surface area contributed by atoms with Crippen LogP contribution in [0.5, 0.6) is 0 Å². The fraction of sp³-hybridized carbons (Fsp3) is 0.375. The highest BCUT2D eigenvalue weighted by Crippen LogP contribution is 2.26. The minimum Gasteiger partial charge on any atom is -0.354 e. The molecule has 0 unspecified atom stereocenters. The van der Waals surface area contributed by atoms with Crippen LogP contribution < -0.4 is 9.62 Å². The lowest BCUT2D eigenvalue weighted by Gasteiger charge is -2.32. The van der Waals surface area contributed by atoms with E-state index < -0.39 is 16.1 Å². The number of anilines is 1. The summed E-state index contributed by atoms with van der Waals surface area (Å²) in [7, 11) is -3.60. The summed E-state index contributed by atoms with van der Waals surface area (Å²) in [5.41, 5.74) is 4.01. The molecule has 7 nitrogen and oxygen atoms in total. The molecule has 0 bridgehead atoms. The number of carbonyl (C=O) groups is 2. The van der Waals surface area contributed by atoms with Crippen LogP contribution in [-0.4, -0.2) is 50.5 Å². The van der Waals surface area contributed by atoms with Gasteiger partial charge >= 0.3 is 0 Å². The number of benzene rings is 3. The number of hydrogen-bond donors (Lipinski definition) is 1. The maximum Gasteiger partial charge on any atom is 0.243 e. The average Bonchev–Trinajstić information content (AvgIpc) is 2.94. The van der Waals surface area contributed by atoms with Crippen LogP contribution in [0.25, 0.3) is 0 Å². The highest BCUT2D eigenvalue weighted by atomic mass is 35.5. The number of amides is 2. The molecule has 2 amide bonds. The van der Waals surface area contributed by atoms with E-state index in [9.17, 15) is 18.0 Å². The molecule has 0 aromatic heterocycles. The molecule has 0 saturated heterocycles. The summed E-state index contributed by atoms with van der Waals surface area (Å²) in [5.74, 6) is -0.509. The lowest BCUT2D eigenvalue weighted by molar-refractivity contribution is -0.141. The van der Waals surface area contributed by atoms with Gasteiger partial charge in [-0.2, -0.15) is 0 Å². The number of carbonyl (C=O) groups excluding carboxylic acids is 2. The van der Waals surface area contributed by atoms with Gasteiger partial charge < -0.3 is 10.2 Å². The molecule has 0 spiro atoms. The number of rotatable bonds is 14. The first-order valence-electron chi connectivity index (χ1n) is 14.0. The molecule has 42 heavy (non-hydrogen) atoms. The predicted octanol–water partition coefficient (Wildman–Crippen LogP) is 6.32. The van der Waals surface area contributed by atoms with Gasteiger partial charge in [0, 0.05) is 32.5 Å². The molecule has 0 aliphatic rings. The van der Waals surface area contributed by atoms with Crippen LogP contribution in [-0.2, 0) is 32.6 Å². The Morgan fingerprint density at radius 3 is 2.29 bits per heavy atom. The molecular formula is C32H39Cl2N3O4S. The van der Waals surface area contributed by atoms with Crippen LogP contribution in [0.15, 0.2) is 66.7 Å². The molecule has 0 saturated carbocycles. The van der Waals surface area contributed by atoms with Crippen molar-refractivity contribution in [2.24, 2.45) is 0 Å². The molecule has 0 heterocycles. The maximum absolute atomic E-state index is 13.9. The fourth-order valence-corrected chi connectivity index (χ4v) is 6.06. The Hall–Kier alpha value is -3.07. The fourth-order valence-electron chi connectivity index (χ4n) is 4.73. The largest absolute Gasteiger partial charge is 0.354 e. The molecule has 3 aromatic rings. The van der Waals surface area contributed by atoms with E-state index in [2.05, 4.69) is 5.32 Å². The van der Waals surface area contributed by atoms with Gasteiger partial charge in [0.05, 0.1) is 22.0 Å². The zero-order valence-electron chi connectivity index (χ0n) is 24.6. The summed E-state index contributed by atoms with van der Waals surface area (Å²) in [6.07, 6.45) is 2.56. The smallest absolute Gasteiger partial charge is 0.243 e. The second-order valence-electron chi connectivity index (χ2n) is 10.5. The number of aryl methyl sites for hydroxylation is 2. The average molecular weight is 633 g/mol. The van der Waals surface area contributed by atoms with E-state index in [1.54, 1.807) is 23.1 Å². The molecule has 10 heteroatoms. The van der Waals surface area contributed by atoms with E-state index in [1.165, 1.54) is 10.6 Å². The normalized spacial score (nSPS) is 12.0. The van der Waals surface area contributed by atoms with Gasteiger partial charge in [-0.25, -0.2) is 8.42 Å².